The topological polar surface area (TPSA) is 103 Å². The summed E-state index contributed by atoms with van der Waals surface area (Å²) >= 11 is 3.44. The normalized spacial score (nSPS) is 14.6. The Labute approximate surface area is 216 Å². The van der Waals surface area contributed by atoms with Crippen LogP contribution in [0.4, 0.5) is 11.6 Å². The number of benzene rings is 3. The Kier molecular flexibility index (Phi) is 6.68. The summed E-state index contributed by atoms with van der Waals surface area (Å²) in [5.74, 6) is 1.46. The molecule has 5 rings (SSSR count). The molecule has 182 valence electrons. The van der Waals surface area contributed by atoms with Crippen LogP contribution in [0.2, 0.25) is 0 Å². The molecule has 0 spiro atoms. The molecule has 0 bridgehead atoms. The van der Waals surface area contributed by atoms with E-state index in [9.17, 15) is 4.79 Å². The van der Waals surface area contributed by atoms with Crippen molar-refractivity contribution in [3.8, 4) is 11.5 Å². The number of hydrogen-bond donors (Lipinski definition) is 2. The molecule has 0 saturated heterocycles. The number of anilines is 2. The first-order valence-corrected chi connectivity index (χ1v) is 12.0. The highest BCUT2D eigenvalue weighted by molar-refractivity contribution is 9.10. The number of fused-ring (bicyclic) bond motifs is 1. The van der Waals surface area contributed by atoms with Crippen molar-refractivity contribution >= 4 is 33.5 Å². The number of rotatable bonds is 7. The zero-order valence-electron chi connectivity index (χ0n) is 19.6. The number of halogens is 1. The summed E-state index contributed by atoms with van der Waals surface area (Å²) in [7, 11) is 1.56. The molecule has 36 heavy (non-hydrogen) atoms. The van der Waals surface area contributed by atoms with Gasteiger partial charge in [-0.15, -0.1) is 0 Å². The van der Waals surface area contributed by atoms with E-state index in [1.54, 1.807) is 23.9 Å². The molecule has 1 amide bonds. The summed E-state index contributed by atoms with van der Waals surface area (Å²) in [5.41, 5.74) is 3.62. The molecule has 9 nitrogen and oxygen atoms in total. The number of carbonyl (C=O) groups is 1. The van der Waals surface area contributed by atoms with E-state index in [2.05, 4.69) is 42.1 Å². The van der Waals surface area contributed by atoms with Gasteiger partial charge in [0.15, 0.2) is 0 Å². The molecule has 2 N–H and O–H groups in total. The Morgan fingerprint density at radius 3 is 2.58 bits per heavy atom. The predicted octanol–water partition coefficient (Wildman–Crippen LogP) is 4.95. The number of methoxy groups -OCH3 is 1. The van der Waals surface area contributed by atoms with Crippen LogP contribution in [0.15, 0.2) is 88.5 Å². The average molecular weight is 547 g/mol. The standard InChI is InChI=1S/C26H23BrN6O3/c1-16-23(25(34)29-21-5-3-4-6-22(21)35-2)24(33-26(28-16)30-31-32-33)18-9-13-20(14-10-18)36-15-17-7-11-19(27)12-8-17/h3-14,24H,15H2,1-2H3,(H,29,34)(H,28,30,32). The molecule has 1 unspecified atom stereocenters. The summed E-state index contributed by atoms with van der Waals surface area (Å²) < 4.78 is 14.0. The van der Waals surface area contributed by atoms with Crippen LogP contribution in [-0.4, -0.2) is 33.2 Å². The Hall–Kier alpha value is -4.18. The van der Waals surface area contributed by atoms with Gasteiger partial charge in [0.25, 0.3) is 5.91 Å². The lowest BCUT2D eigenvalue weighted by Gasteiger charge is -2.28. The van der Waals surface area contributed by atoms with Crippen LogP contribution in [0.1, 0.15) is 24.1 Å². The maximum absolute atomic E-state index is 13.5. The number of para-hydroxylation sites is 2. The second-order valence-electron chi connectivity index (χ2n) is 8.15. The Morgan fingerprint density at radius 1 is 1.08 bits per heavy atom. The van der Waals surface area contributed by atoms with Crippen molar-refractivity contribution in [2.24, 2.45) is 0 Å². The van der Waals surface area contributed by atoms with Gasteiger partial charge >= 0.3 is 0 Å². The quantitative estimate of drug-likeness (QED) is 0.338. The van der Waals surface area contributed by atoms with Gasteiger partial charge in [-0.05, 0) is 64.9 Å². The minimum atomic E-state index is -0.536. The summed E-state index contributed by atoms with van der Waals surface area (Å²) in [6.45, 7) is 2.28. The Bertz CT molecular complexity index is 1420. The molecule has 3 aromatic carbocycles. The van der Waals surface area contributed by atoms with E-state index in [-0.39, 0.29) is 5.91 Å². The SMILES string of the molecule is COc1ccccc1NC(=O)C1=C(C)Nc2nnnn2C1c1ccc(OCc2ccc(Br)cc2)cc1. The van der Waals surface area contributed by atoms with Crippen molar-refractivity contribution in [3.63, 3.8) is 0 Å². The van der Waals surface area contributed by atoms with Gasteiger partial charge in [-0.2, -0.15) is 4.68 Å². The number of nitrogens with one attached hydrogen (secondary N) is 2. The van der Waals surface area contributed by atoms with Gasteiger partial charge in [0.1, 0.15) is 24.1 Å². The Balaban J connectivity index is 1.41. The van der Waals surface area contributed by atoms with Gasteiger partial charge < -0.3 is 20.1 Å². The third-order valence-corrected chi connectivity index (χ3v) is 6.36. The zero-order valence-corrected chi connectivity index (χ0v) is 21.2. The van der Waals surface area contributed by atoms with E-state index >= 15 is 0 Å². The van der Waals surface area contributed by atoms with Crippen LogP contribution in [-0.2, 0) is 11.4 Å². The molecule has 0 fully saturated rings. The van der Waals surface area contributed by atoms with Gasteiger partial charge in [-0.25, -0.2) is 0 Å². The van der Waals surface area contributed by atoms with Crippen molar-refractivity contribution in [2.45, 2.75) is 19.6 Å². The number of aromatic nitrogens is 4. The van der Waals surface area contributed by atoms with E-state index in [0.717, 1.165) is 15.6 Å². The first kappa shape index (κ1) is 23.6. The number of allylic oxidation sites excluding steroid dienone is 1. The fourth-order valence-corrected chi connectivity index (χ4v) is 4.31. The fraction of sp³-hybridized carbons (Fsp3) is 0.154. The van der Waals surface area contributed by atoms with Crippen molar-refractivity contribution in [3.05, 3.63) is 99.7 Å². The summed E-state index contributed by atoms with van der Waals surface area (Å²) in [5, 5.41) is 18.1. The van der Waals surface area contributed by atoms with Gasteiger partial charge in [0.05, 0.1) is 18.4 Å². The largest absolute Gasteiger partial charge is 0.495 e. The third kappa shape index (κ3) is 4.80. The molecule has 0 radical (unpaired) electrons. The third-order valence-electron chi connectivity index (χ3n) is 5.83. The lowest BCUT2D eigenvalue weighted by atomic mass is 9.95. The van der Waals surface area contributed by atoms with Crippen molar-refractivity contribution < 1.29 is 14.3 Å². The fourth-order valence-electron chi connectivity index (χ4n) is 4.05. The zero-order chi connectivity index (χ0) is 25.1. The van der Waals surface area contributed by atoms with Gasteiger partial charge in [0.2, 0.25) is 5.95 Å². The number of carbonyl (C=O) groups excluding carboxylic acids is 1. The van der Waals surface area contributed by atoms with E-state index in [4.69, 9.17) is 9.47 Å². The highest BCUT2D eigenvalue weighted by atomic mass is 79.9. The molecule has 0 saturated carbocycles. The molecule has 1 aliphatic heterocycles. The van der Waals surface area contributed by atoms with E-state index < -0.39 is 6.04 Å². The second-order valence-corrected chi connectivity index (χ2v) is 9.07. The molecule has 1 atom stereocenters. The maximum Gasteiger partial charge on any atom is 0.255 e. The highest BCUT2D eigenvalue weighted by Crippen LogP contribution is 2.36. The summed E-state index contributed by atoms with van der Waals surface area (Å²) in [6.07, 6.45) is 0. The number of nitrogens with zero attached hydrogens (tertiary/aromatic N) is 4. The molecule has 2 heterocycles. The average Bonchev–Trinajstić information content (AvgIpc) is 3.36. The minimum absolute atomic E-state index is 0.286. The van der Waals surface area contributed by atoms with Crippen LogP contribution in [0.5, 0.6) is 11.5 Å². The van der Waals surface area contributed by atoms with Crippen LogP contribution in [0, 0.1) is 0 Å². The molecule has 0 aliphatic carbocycles. The molecular formula is C26H23BrN6O3. The van der Waals surface area contributed by atoms with Gasteiger partial charge in [0, 0.05) is 10.2 Å². The number of amides is 1. The first-order chi connectivity index (χ1) is 17.5. The van der Waals surface area contributed by atoms with Crippen molar-refractivity contribution in [2.75, 3.05) is 17.7 Å². The van der Waals surface area contributed by atoms with Crippen LogP contribution >= 0.6 is 15.9 Å². The molecule has 4 aromatic rings. The van der Waals surface area contributed by atoms with Crippen molar-refractivity contribution in [1.29, 1.82) is 0 Å². The molecular weight excluding hydrogens is 524 g/mol. The van der Waals surface area contributed by atoms with Crippen LogP contribution in [0.25, 0.3) is 0 Å². The monoisotopic (exact) mass is 546 g/mol. The first-order valence-electron chi connectivity index (χ1n) is 11.2. The van der Waals surface area contributed by atoms with Crippen molar-refractivity contribution in [1.82, 2.24) is 20.2 Å². The van der Waals surface area contributed by atoms with Gasteiger partial charge in [-0.1, -0.05) is 57.4 Å². The highest BCUT2D eigenvalue weighted by Gasteiger charge is 2.34. The smallest absolute Gasteiger partial charge is 0.255 e. The van der Waals surface area contributed by atoms with Gasteiger partial charge in [-0.3, -0.25) is 4.79 Å². The molecule has 10 heteroatoms. The van der Waals surface area contributed by atoms with E-state index in [1.165, 1.54) is 0 Å². The predicted molar refractivity (Wildman–Crippen MR) is 139 cm³/mol. The maximum atomic E-state index is 13.5. The summed E-state index contributed by atoms with van der Waals surface area (Å²) in [4.78, 5) is 13.5. The lowest BCUT2D eigenvalue weighted by molar-refractivity contribution is -0.113. The van der Waals surface area contributed by atoms with Crippen LogP contribution in [0.3, 0.4) is 0 Å². The molecule has 1 aliphatic rings. The Morgan fingerprint density at radius 2 is 1.83 bits per heavy atom. The number of tetrazole rings is 1. The summed E-state index contributed by atoms with van der Waals surface area (Å²) in [6, 6.07) is 22.3. The van der Waals surface area contributed by atoms with E-state index in [0.29, 0.717) is 41.0 Å². The lowest BCUT2D eigenvalue weighted by Crippen LogP contribution is -2.31. The van der Waals surface area contributed by atoms with Crippen LogP contribution < -0.4 is 20.1 Å². The number of ether oxygens (including phenoxy) is 2. The number of hydrogen-bond acceptors (Lipinski definition) is 7. The molecule has 1 aromatic heterocycles. The minimum Gasteiger partial charge on any atom is -0.495 e. The van der Waals surface area contributed by atoms with E-state index in [1.807, 2.05) is 67.6 Å². The second kappa shape index (κ2) is 10.2.